The van der Waals surface area contributed by atoms with Crippen molar-refractivity contribution in [1.29, 1.82) is 0 Å². The van der Waals surface area contributed by atoms with Gasteiger partial charge in [0.1, 0.15) is 5.60 Å². The Kier molecular flexibility index (Phi) is 3.86. The first-order chi connectivity index (χ1) is 9.67. The minimum Gasteiger partial charge on any atom is -0.481 e. The molecule has 7 nitrogen and oxygen atoms in total. The third kappa shape index (κ3) is 2.69. The highest BCUT2D eigenvalue weighted by molar-refractivity contribution is 5.86. The van der Waals surface area contributed by atoms with Crippen LogP contribution >= 0.6 is 0 Å². The molecule has 118 valence electrons. The smallest absolute Gasteiger partial charge is 0.410 e. The van der Waals surface area contributed by atoms with Gasteiger partial charge in [0, 0.05) is 12.1 Å². The molecular weight excluding hydrogens is 278 g/mol. The van der Waals surface area contributed by atoms with Crippen LogP contribution in [0.5, 0.6) is 0 Å². The van der Waals surface area contributed by atoms with Gasteiger partial charge < -0.3 is 19.5 Å². The molecule has 2 aliphatic rings. The molecule has 21 heavy (non-hydrogen) atoms. The summed E-state index contributed by atoms with van der Waals surface area (Å²) >= 11 is 0. The average molecular weight is 299 g/mol. The molecule has 1 amide bonds. The Morgan fingerprint density at radius 2 is 1.62 bits per heavy atom. The van der Waals surface area contributed by atoms with Crippen molar-refractivity contribution in [2.24, 2.45) is 11.8 Å². The molecule has 2 heterocycles. The molecule has 7 heteroatoms. The van der Waals surface area contributed by atoms with Gasteiger partial charge in [-0.05, 0) is 33.6 Å². The third-order valence-corrected chi connectivity index (χ3v) is 4.05. The normalized spacial score (nSPS) is 31.1. The molecule has 0 unspecified atom stereocenters. The van der Waals surface area contributed by atoms with E-state index in [2.05, 4.69) is 0 Å². The summed E-state index contributed by atoms with van der Waals surface area (Å²) in [5.41, 5.74) is -0.668. The van der Waals surface area contributed by atoms with Crippen LogP contribution in [0.1, 0.15) is 33.6 Å². The molecule has 0 radical (unpaired) electrons. The standard InChI is InChI=1S/C14H21NO6/c1-14(2,3)21-13(19)15-7-5-6-8(15)10(12(18)20-4)9(7)11(16)17/h7-10H,5-6H2,1-4H3,(H,16,17)/t7-,8-,9-,10-/m1/s1. The van der Waals surface area contributed by atoms with Crippen LogP contribution in [-0.2, 0) is 19.1 Å². The number of aliphatic carboxylic acids is 1. The first kappa shape index (κ1) is 15.6. The molecule has 4 atom stereocenters. The Morgan fingerprint density at radius 3 is 2.05 bits per heavy atom. The maximum absolute atomic E-state index is 12.3. The van der Waals surface area contributed by atoms with Crippen LogP contribution in [0.3, 0.4) is 0 Å². The molecule has 2 fully saturated rings. The number of ether oxygens (including phenoxy) is 2. The molecule has 2 bridgehead atoms. The number of fused-ring (bicyclic) bond motifs is 2. The largest absolute Gasteiger partial charge is 0.481 e. The number of carboxylic acid groups (broad SMARTS) is 1. The molecule has 0 aromatic heterocycles. The minimum atomic E-state index is -1.08. The van der Waals surface area contributed by atoms with Crippen LogP contribution < -0.4 is 0 Å². The first-order valence-corrected chi connectivity index (χ1v) is 6.99. The molecular formula is C14H21NO6. The fraction of sp³-hybridized carbons (Fsp3) is 0.786. The lowest BCUT2D eigenvalue weighted by Gasteiger charge is -2.27. The predicted molar refractivity (Wildman–Crippen MR) is 71.5 cm³/mol. The van der Waals surface area contributed by atoms with Gasteiger partial charge in [0.05, 0.1) is 18.9 Å². The lowest BCUT2D eigenvalue weighted by Crippen LogP contribution is -2.41. The van der Waals surface area contributed by atoms with E-state index >= 15 is 0 Å². The summed E-state index contributed by atoms with van der Waals surface area (Å²) < 4.78 is 10.0. The Hall–Kier alpha value is -1.79. The first-order valence-electron chi connectivity index (χ1n) is 6.99. The van der Waals surface area contributed by atoms with E-state index in [9.17, 15) is 19.5 Å². The maximum Gasteiger partial charge on any atom is 0.410 e. The van der Waals surface area contributed by atoms with E-state index in [1.807, 2.05) is 0 Å². The van der Waals surface area contributed by atoms with Crippen LogP contribution in [0.4, 0.5) is 4.79 Å². The topological polar surface area (TPSA) is 93.1 Å². The Morgan fingerprint density at radius 1 is 1.10 bits per heavy atom. The van der Waals surface area contributed by atoms with Crippen molar-refractivity contribution < 1.29 is 29.0 Å². The van der Waals surface area contributed by atoms with Gasteiger partial charge in [-0.2, -0.15) is 0 Å². The number of nitrogens with zero attached hydrogens (tertiary/aromatic N) is 1. The van der Waals surface area contributed by atoms with Crippen molar-refractivity contribution in [3.05, 3.63) is 0 Å². The summed E-state index contributed by atoms with van der Waals surface area (Å²) in [6, 6.07) is -0.968. The summed E-state index contributed by atoms with van der Waals surface area (Å²) in [5.74, 6) is -3.41. The molecule has 1 N–H and O–H groups in total. The van der Waals surface area contributed by atoms with Crippen molar-refractivity contribution in [3.63, 3.8) is 0 Å². The van der Waals surface area contributed by atoms with Crippen molar-refractivity contribution in [1.82, 2.24) is 4.90 Å². The van der Waals surface area contributed by atoms with E-state index in [0.717, 1.165) is 0 Å². The highest BCUT2D eigenvalue weighted by atomic mass is 16.6. The molecule has 0 saturated carbocycles. The zero-order valence-corrected chi connectivity index (χ0v) is 12.7. The van der Waals surface area contributed by atoms with E-state index in [4.69, 9.17) is 9.47 Å². The number of carboxylic acids is 1. The average Bonchev–Trinajstić information content (AvgIpc) is 2.90. The number of hydrogen-bond donors (Lipinski definition) is 1. The molecule has 0 spiro atoms. The monoisotopic (exact) mass is 299 g/mol. The number of carbonyl (C=O) groups excluding carboxylic acids is 2. The summed E-state index contributed by atoms with van der Waals surface area (Å²) in [6.45, 7) is 5.24. The lowest BCUT2D eigenvalue weighted by molar-refractivity contribution is -0.156. The van der Waals surface area contributed by atoms with Crippen LogP contribution in [0.15, 0.2) is 0 Å². The summed E-state index contributed by atoms with van der Waals surface area (Å²) in [4.78, 5) is 37.1. The van der Waals surface area contributed by atoms with Crippen LogP contribution in [0.2, 0.25) is 0 Å². The molecule has 2 saturated heterocycles. The quantitative estimate of drug-likeness (QED) is 0.772. The van der Waals surface area contributed by atoms with E-state index in [-0.39, 0.29) is 0 Å². The number of carbonyl (C=O) groups is 3. The number of hydrogen-bond acceptors (Lipinski definition) is 5. The van der Waals surface area contributed by atoms with Gasteiger partial charge in [-0.25, -0.2) is 4.79 Å². The van der Waals surface area contributed by atoms with Crippen molar-refractivity contribution in [2.75, 3.05) is 7.11 Å². The zero-order valence-electron chi connectivity index (χ0n) is 12.7. The maximum atomic E-state index is 12.3. The van der Waals surface area contributed by atoms with Crippen LogP contribution in [0, 0.1) is 11.8 Å². The van der Waals surface area contributed by atoms with Gasteiger partial charge in [0.15, 0.2) is 0 Å². The number of esters is 1. The lowest BCUT2D eigenvalue weighted by atomic mass is 9.79. The van der Waals surface area contributed by atoms with E-state index in [1.54, 1.807) is 20.8 Å². The highest BCUT2D eigenvalue weighted by Gasteiger charge is 2.61. The van der Waals surface area contributed by atoms with Crippen LogP contribution in [0.25, 0.3) is 0 Å². The van der Waals surface area contributed by atoms with E-state index < -0.39 is 47.6 Å². The molecule has 2 rings (SSSR count). The number of rotatable bonds is 2. The fourth-order valence-electron chi connectivity index (χ4n) is 3.39. The van der Waals surface area contributed by atoms with E-state index in [0.29, 0.717) is 12.8 Å². The van der Waals surface area contributed by atoms with E-state index in [1.165, 1.54) is 12.0 Å². The fourth-order valence-corrected chi connectivity index (χ4v) is 3.39. The zero-order chi connectivity index (χ0) is 15.9. The van der Waals surface area contributed by atoms with Crippen molar-refractivity contribution in [3.8, 4) is 0 Å². The van der Waals surface area contributed by atoms with Crippen LogP contribution in [-0.4, -0.2) is 52.8 Å². The molecule has 0 aliphatic carbocycles. The second-order valence-corrected chi connectivity index (χ2v) is 6.51. The van der Waals surface area contributed by atoms with Gasteiger partial charge in [-0.3, -0.25) is 9.59 Å². The minimum absolute atomic E-state index is 0.460. The number of methoxy groups -OCH3 is 1. The predicted octanol–water partition coefficient (Wildman–Crippen LogP) is 1.26. The van der Waals surface area contributed by atoms with Gasteiger partial charge in [-0.15, -0.1) is 0 Å². The summed E-state index contributed by atoms with van der Waals surface area (Å²) in [7, 11) is 1.23. The second-order valence-electron chi connectivity index (χ2n) is 6.51. The van der Waals surface area contributed by atoms with Crippen molar-refractivity contribution in [2.45, 2.75) is 51.3 Å². The number of amides is 1. The highest BCUT2D eigenvalue weighted by Crippen LogP contribution is 2.47. The molecule has 2 aliphatic heterocycles. The summed E-state index contributed by atoms with van der Waals surface area (Å²) in [5, 5.41) is 9.40. The molecule has 0 aromatic rings. The Bertz CT molecular complexity index is 469. The Balaban J connectivity index is 2.28. The van der Waals surface area contributed by atoms with Gasteiger partial charge in [0.25, 0.3) is 0 Å². The second kappa shape index (κ2) is 5.20. The van der Waals surface area contributed by atoms with Gasteiger partial charge in [-0.1, -0.05) is 0 Å². The van der Waals surface area contributed by atoms with Crippen molar-refractivity contribution >= 4 is 18.0 Å². The van der Waals surface area contributed by atoms with Gasteiger partial charge >= 0.3 is 18.0 Å². The Labute approximate surface area is 123 Å². The van der Waals surface area contributed by atoms with Gasteiger partial charge in [0.2, 0.25) is 0 Å². The molecule has 0 aromatic carbocycles. The summed E-state index contributed by atoms with van der Waals surface area (Å²) in [6.07, 6.45) is 0.592. The third-order valence-electron chi connectivity index (χ3n) is 4.05. The SMILES string of the molecule is COC(=O)[C@H]1[C@H](C(=O)O)[C@H]2CC[C@H]1N2C(=O)OC(C)(C)C.